The molecule has 4 aliphatic rings. The lowest BCUT2D eigenvalue weighted by Crippen LogP contribution is -2.62. The molecule has 3 fully saturated rings. The average Bonchev–Trinajstić information content (AvgIpc) is 2.73. The maximum atomic E-state index is 13.4. The summed E-state index contributed by atoms with van der Waals surface area (Å²) in [6.45, 7) is 5.07. The van der Waals surface area contributed by atoms with Crippen molar-refractivity contribution < 1.29 is 4.79 Å². The Bertz CT molecular complexity index is 830. The SMILES string of the molecule is CCC[C@H]1CCC[C@H]2[C@@H]3C[C@@H](CN(C(=O)c4cc5c([nH]c4=O)CCCC5)C3)CN12. The van der Waals surface area contributed by atoms with E-state index in [1.807, 2.05) is 11.0 Å². The van der Waals surface area contributed by atoms with Crippen molar-refractivity contribution in [2.45, 2.75) is 83.2 Å². The fourth-order valence-electron chi connectivity index (χ4n) is 6.72. The number of aromatic amines is 1. The van der Waals surface area contributed by atoms with Gasteiger partial charge in [-0.15, -0.1) is 0 Å². The van der Waals surface area contributed by atoms with E-state index in [9.17, 15) is 9.59 Å². The van der Waals surface area contributed by atoms with Crippen molar-refractivity contribution in [3.8, 4) is 0 Å². The highest BCUT2D eigenvalue weighted by Crippen LogP contribution is 2.40. The topological polar surface area (TPSA) is 56.4 Å². The number of aromatic nitrogens is 1. The minimum atomic E-state index is -0.186. The predicted molar refractivity (Wildman–Crippen MR) is 114 cm³/mol. The Hall–Kier alpha value is -1.62. The Balaban J connectivity index is 1.35. The van der Waals surface area contributed by atoms with Crippen LogP contribution in [0.3, 0.4) is 0 Å². The van der Waals surface area contributed by atoms with E-state index in [1.165, 1.54) is 44.1 Å². The number of hydrogen-bond acceptors (Lipinski definition) is 3. The summed E-state index contributed by atoms with van der Waals surface area (Å²) in [6.07, 6.45) is 12.0. The van der Waals surface area contributed by atoms with Gasteiger partial charge in [-0.25, -0.2) is 0 Å². The van der Waals surface area contributed by atoms with Gasteiger partial charge < -0.3 is 9.88 Å². The number of carbonyl (C=O) groups excluding carboxylic acids is 1. The highest BCUT2D eigenvalue weighted by molar-refractivity contribution is 5.94. The summed E-state index contributed by atoms with van der Waals surface area (Å²) in [5.74, 6) is 1.09. The maximum absolute atomic E-state index is 13.4. The Morgan fingerprint density at radius 2 is 2.00 bits per heavy atom. The van der Waals surface area contributed by atoms with Crippen LogP contribution in [-0.2, 0) is 12.8 Å². The van der Waals surface area contributed by atoms with Gasteiger partial charge in [-0.1, -0.05) is 19.8 Å². The Morgan fingerprint density at radius 3 is 2.86 bits per heavy atom. The third kappa shape index (κ3) is 3.56. The van der Waals surface area contributed by atoms with Gasteiger partial charge in [-0.2, -0.15) is 0 Å². The van der Waals surface area contributed by atoms with E-state index < -0.39 is 0 Å². The van der Waals surface area contributed by atoms with Crippen LogP contribution in [0.1, 0.15) is 79.9 Å². The molecule has 3 aliphatic heterocycles. The molecule has 0 unspecified atom stereocenters. The molecule has 0 spiro atoms. The molecule has 0 saturated carbocycles. The zero-order valence-corrected chi connectivity index (χ0v) is 17.8. The molecule has 1 aliphatic carbocycles. The zero-order chi connectivity index (χ0) is 20.0. The molecule has 0 radical (unpaired) electrons. The molecule has 5 rings (SSSR count). The molecular weight excluding hydrogens is 362 g/mol. The molecule has 5 nitrogen and oxygen atoms in total. The Labute approximate surface area is 173 Å². The van der Waals surface area contributed by atoms with Gasteiger partial charge in [0.2, 0.25) is 0 Å². The number of aryl methyl sites for hydroxylation is 2. The number of likely N-dealkylation sites (tertiary alicyclic amines) is 1. The van der Waals surface area contributed by atoms with Crippen LogP contribution in [-0.4, -0.2) is 52.4 Å². The van der Waals surface area contributed by atoms with Crippen LogP contribution in [0, 0.1) is 11.8 Å². The average molecular weight is 398 g/mol. The van der Waals surface area contributed by atoms with Gasteiger partial charge in [0.15, 0.2) is 0 Å². The zero-order valence-electron chi connectivity index (χ0n) is 17.8. The molecule has 2 bridgehead atoms. The first-order valence-electron chi connectivity index (χ1n) is 11.9. The third-order valence-corrected chi connectivity index (χ3v) is 7.99. The van der Waals surface area contributed by atoms with Crippen LogP contribution < -0.4 is 5.56 Å². The molecule has 4 heterocycles. The Morgan fingerprint density at radius 1 is 1.14 bits per heavy atom. The van der Waals surface area contributed by atoms with Gasteiger partial charge in [0.25, 0.3) is 11.5 Å². The largest absolute Gasteiger partial charge is 0.338 e. The summed E-state index contributed by atoms with van der Waals surface area (Å²) in [7, 11) is 0. The van der Waals surface area contributed by atoms with Gasteiger partial charge in [-0.05, 0) is 74.8 Å². The third-order valence-electron chi connectivity index (χ3n) is 7.99. The summed E-state index contributed by atoms with van der Waals surface area (Å²) >= 11 is 0. The fraction of sp³-hybridized carbons (Fsp3) is 0.750. The van der Waals surface area contributed by atoms with E-state index in [0.717, 1.165) is 57.1 Å². The van der Waals surface area contributed by atoms with E-state index >= 15 is 0 Å². The second-order valence-electron chi connectivity index (χ2n) is 9.93. The van der Waals surface area contributed by atoms with Crippen LogP contribution in [0.15, 0.2) is 10.9 Å². The molecule has 4 atom stereocenters. The molecule has 158 valence electrons. The minimum absolute atomic E-state index is 0.0382. The summed E-state index contributed by atoms with van der Waals surface area (Å²) < 4.78 is 0. The number of carbonyl (C=O) groups is 1. The lowest BCUT2D eigenvalue weighted by atomic mass is 9.74. The van der Waals surface area contributed by atoms with Gasteiger partial charge in [0.05, 0.1) is 0 Å². The van der Waals surface area contributed by atoms with Crippen molar-refractivity contribution >= 4 is 5.91 Å². The number of nitrogens with zero attached hydrogens (tertiary/aromatic N) is 2. The van der Waals surface area contributed by atoms with Crippen LogP contribution in [0.2, 0.25) is 0 Å². The lowest BCUT2D eigenvalue weighted by molar-refractivity contribution is -0.0519. The van der Waals surface area contributed by atoms with Crippen molar-refractivity contribution in [1.82, 2.24) is 14.8 Å². The van der Waals surface area contributed by atoms with E-state index in [4.69, 9.17) is 0 Å². The first-order valence-corrected chi connectivity index (χ1v) is 11.9. The van der Waals surface area contributed by atoms with Crippen molar-refractivity contribution in [3.05, 3.63) is 33.2 Å². The predicted octanol–water partition coefficient (Wildman–Crippen LogP) is 3.37. The normalized spacial score (nSPS) is 31.8. The number of pyridine rings is 1. The lowest BCUT2D eigenvalue weighted by Gasteiger charge is -2.55. The quantitative estimate of drug-likeness (QED) is 0.851. The Kier molecular flexibility index (Phi) is 5.27. The number of fused-ring (bicyclic) bond motifs is 5. The van der Waals surface area contributed by atoms with Gasteiger partial charge in [-0.3, -0.25) is 14.5 Å². The second-order valence-corrected chi connectivity index (χ2v) is 9.93. The van der Waals surface area contributed by atoms with Crippen molar-refractivity contribution in [1.29, 1.82) is 0 Å². The fourth-order valence-corrected chi connectivity index (χ4v) is 6.72. The molecule has 0 aromatic carbocycles. The number of amides is 1. The van der Waals surface area contributed by atoms with E-state index in [1.54, 1.807) is 0 Å². The number of hydrogen-bond donors (Lipinski definition) is 1. The highest BCUT2D eigenvalue weighted by atomic mass is 16.2. The summed E-state index contributed by atoms with van der Waals surface area (Å²) in [6, 6.07) is 3.29. The van der Waals surface area contributed by atoms with Crippen molar-refractivity contribution in [2.75, 3.05) is 19.6 Å². The molecular formula is C24H35N3O2. The van der Waals surface area contributed by atoms with Crippen molar-refractivity contribution in [2.24, 2.45) is 11.8 Å². The molecule has 1 aromatic heterocycles. The van der Waals surface area contributed by atoms with E-state index in [0.29, 0.717) is 23.4 Å². The summed E-state index contributed by atoms with van der Waals surface area (Å²) in [5.41, 5.74) is 2.41. The number of nitrogens with one attached hydrogen (secondary N) is 1. The van der Waals surface area contributed by atoms with Crippen LogP contribution >= 0.6 is 0 Å². The van der Waals surface area contributed by atoms with Crippen LogP contribution in [0.5, 0.6) is 0 Å². The summed E-state index contributed by atoms with van der Waals surface area (Å²) in [4.78, 5) is 33.8. The second kappa shape index (κ2) is 7.90. The van der Waals surface area contributed by atoms with Crippen molar-refractivity contribution in [3.63, 3.8) is 0 Å². The smallest absolute Gasteiger partial charge is 0.261 e. The molecule has 29 heavy (non-hydrogen) atoms. The first kappa shape index (κ1) is 19.3. The molecule has 5 heteroatoms. The van der Waals surface area contributed by atoms with Crippen LogP contribution in [0.25, 0.3) is 0 Å². The van der Waals surface area contributed by atoms with Gasteiger partial charge in [0, 0.05) is 37.4 Å². The molecule has 1 amide bonds. The van der Waals surface area contributed by atoms with Gasteiger partial charge in [0.1, 0.15) is 5.56 Å². The highest BCUT2D eigenvalue weighted by Gasteiger charge is 2.45. The van der Waals surface area contributed by atoms with E-state index in [-0.39, 0.29) is 11.5 Å². The molecule has 1 N–H and O–H groups in total. The van der Waals surface area contributed by atoms with Crippen LogP contribution in [0.4, 0.5) is 0 Å². The molecule has 1 aromatic rings. The number of rotatable bonds is 3. The number of piperidine rings is 3. The molecule has 3 saturated heterocycles. The van der Waals surface area contributed by atoms with Gasteiger partial charge >= 0.3 is 0 Å². The standard InChI is InChI=1S/C24H35N3O2/c1-2-6-19-8-5-10-22-18-11-16(14-27(19)22)13-26(15-18)24(29)20-12-17-7-3-4-9-21(17)25-23(20)28/h12,16,18-19,22H,2-11,13-15H2,1H3,(H,25,28)/t16-,18+,19-,22-/m0/s1. The monoisotopic (exact) mass is 397 g/mol. The number of H-pyrrole nitrogens is 1. The van der Waals surface area contributed by atoms with E-state index in [2.05, 4.69) is 16.8 Å². The first-order chi connectivity index (χ1) is 14.1. The maximum Gasteiger partial charge on any atom is 0.261 e. The summed E-state index contributed by atoms with van der Waals surface area (Å²) in [5, 5.41) is 0. The minimum Gasteiger partial charge on any atom is -0.338 e.